The van der Waals surface area contributed by atoms with Crippen LogP contribution in [0.25, 0.3) is 0 Å². The van der Waals surface area contributed by atoms with Crippen LogP contribution in [-0.4, -0.2) is 112 Å². The Morgan fingerprint density at radius 3 is 2.28 bits per heavy atom. The number of ether oxygens (including phenoxy) is 2. The smallest absolute Gasteiger partial charge is 0.347 e. The molecular formula is C33H34FN8O15PS2. The van der Waals surface area contributed by atoms with Gasteiger partial charge in [0.2, 0.25) is 5.95 Å². The van der Waals surface area contributed by atoms with Crippen molar-refractivity contribution in [2.45, 2.75) is 37.5 Å². The van der Waals surface area contributed by atoms with Gasteiger partial charge in [0.05, 0.1) is 37.9 Å². The molecule has 0 saturated heterocycles. The lowest BCUT2D eigenvalue weighted by Gasteiger charge is -2.29. The first kappa shape index (κ1) is 46.3. The minimum absolute atomic E-state index is 0.0170. The minimum atomic E-state index is -4.37. The van der Waals surface area contributed by atoms with E-state index in [2.05, 4.69) is 31.5 Å². The second kappa shape index (κ2) is 19.6. The van der Waals surface area contributed by atoms with Crippen LogP contribution >= 0.6 is 18.9 Å². The summed E-state index contributed by atoms with van der Waals surface area (Å²) in [4.78, 5) is 98.9. The molecular weight excluding hydrogens is 863 g/mol. The van der Waals surface area contributed by atoms with Crippen molar-refractivity contribution in [1.82, 2.24) is 25.0 Å². The van der Waals surface area contributed by atoms with Crippen molar-refractivity contribution in [2.75, 3.05) is 48.2 Å². The first-order valence-electron chi connectivity index (χ1n) is 16.9. The quantitative estimate of drug-likeness (QED) is 0.0807. The van der Waals surface area contributed by atoms with Gasteiger partial charge < -0.3 is 29.5 Å². The number of aromatic carboxylic acids is 1. The van der Waals surface area contributed by atoms with Crippen LogP contribution in [0, 0.1) is 25.1 Å². The Hall–Kier alpha value is -6.36. The van der Waals surface area contributed by atoms with Crippen molar-refractivity contribution in [3.05, 3.63) is 51.2 Å². The summed E-state index contributed by atoms with van der Waals surface area (Å²) in [5, 5.41) is 22.4. The number of rotatable bonds is 11. The number of hydrogen-bond acceptors (Lipinski definition) is 16. The average Bonchev–Trinajstić information content (AvgIpc) is 3.76. The summed E-state index contributed by atoms with van der Waals surface area (Å²) in [5.74, 6) is -2.14. The van der Waals surface area contributed by atoms with E-state index in [9.17, 15) is 46.1 Å². The van der Waals surface area contributed by atoms with Crippen LogP contribution in [0.15, 0.2) is 39.6 Å². The molecule has 6 rings (SSSR count). The molecule has 0 fully saturated rings. The molecule has 60 heavy (non-hydrogen) atoms. The number of aryl methyl sites for hydroxylation is 1. The van der Waals surface area contributed by atoms with Gasteiger partial charge in [0.15, 0.2) is 12.4 Å². The Bertz CT molecular complexity index is 2440. The van der Waals surface area contributed by atoms with Crippen LogP contribution in [0.2, 0.25) is 0 Å². The Kier molecular flexibility index (Phi) is 15.1. The number of aromatic nitrogens is 3. The number of nitrogens with one attached hydrogen (secondary N) is 3. The predicted octanol–water partition coefficient (Wildman–Crippen LogP) is 1.18. The third-order valence-corrected chi connectivity index (χ3v) is 11.0. The van der Waals surface area contributed by atoms with Gasteiger partial charge in [-0.1, -0.05) is 5.92 Å². The average molecular weight is 897 g/mol. The zero-order chi connectivity index (χ0) is 44.5. The van der Waals surface area contributed by atoms with Crippen molar-refractivity contribution in [1.29, 1.82) is 0 Å². The molecule has 27 heteroatoms. The maximum absolute atomic E-state index is 14.7. The second-order valence-corrected chi connectivity index (χ2v) is 16.4. The van der Waals surface area contributed by atoms with Gasteiger partial charge in [-0.15, -0.1) is 17.8 Å². The largest absolute Gasteiger partial charge is 0.481 e. The number of aliphatic carboxylic acids is 1. The predicted molar refractivity (Wildman–Crippen MR) is 205 cm³/mol. The van der Waals surface area contributed by atoms with E-state index in [1.54, 1.807) is 4.72 Å². The van der Waals surface area contributed by atoms with E-state index in [-0.39, 0.29) is 54.0 Å². The Balaban J connectivity index is 0.000000218. The van der Waals surface area contributed by atoms with E-state index in [4.69, 9.17) is 35.9 Å². The number of methoxy groups -OCH3 is 1. The summed E-state index contributed by atoms with van der Waals surface area (Å²) in [6, 6.07) is 2.22. The van der Waals surface area contributed by atoms with Gasteiger partial charge >= 0.3 is 31.6 Å². The molecule has 2 aromatic heterocycles. The van der Waals surface area contributed by atoms with E-state index in [0.717, 1.165) is 41.2 Å². The minimum Gasteiger partial charge on any atom is -0.481 e. The number of carbonyl (C=O) groups excluding carboxylic acids is 4. The zero-order valence-corrected chi connectivity index (χ0v) is 33.7. The highest BCUT2D eigenvalue weighted by Crippen LogP contribution is 2.42. The summed E-state index contributed by atoms with van der Waals surface area (Å²) in [5.41, 5.74) is 0.992. The number of carboxylic acid groups (broad SMARTS) is 2. The SMILES string of the molecule is C#CCN1C(=O)COc2cc(F)c(N3C(=O)C4=C(CCCC4)C3=O)cc21.COc1nc(C)nc(NC(=O)NS(=O)(=O)c2ccsc2C(=O)O)n1.O=C(O)CNCP(=O)(O)O. The van der Waals surface area contributed by atoms with Crippen molar-refractivity contribution < 1.29 is 75.6 Å². The number of halogens is 1. The number of thiophene rings is 1. The van der Waals surface area contributed by atoms with Crippen LogP contribution in [-0.2, 0) is 33.8 Å². The molecule has 1 aliphatic carbocycles. The van der Waals surface area contributed by atoms with E-state index < -0.39 is 75.8 Å². The molecule has 0 atom stereocenters. The third kappa shape index (κ3) is 11.6. The van der Waals surface area contributed by atoms with Gasteiger partial charge in [-0.25, -0.2) is 32.0 Å². The molecule has 1 aromatic carbocycles. The van der Waals surface area contributed by atoms with E-state index in [1.807, 2.05) is 0 Å². The van der Waals surface area contributed by atoms with E-state index in [1.165, 1.54) is 30.4 Å². The second-order valence-electron chi connectivity index (χ2n) is 12.2. The number of sulfonamides is 1. The number of amides is 5. The summed E-state index contributed by atoms with van der Waals surface area (Å²) >= 11 is 0.723. The van der Waals surface area contributed by atoms with Crippen molar-refractivity contribution >= 4 is 82.0 Å². The number of carbonyl (C=O) groups is 6. The highest BCUT2D eigenvalue weighted by molar-refractivity contribution is 7.90. The molecule has 7 N–H and O–H groups in total. The molecule has 23 nitrogen and oxygen atoms in total. The molecule has 0 spiro atoms. The number of nitrogens with zero attached hydrogens (tertiary/aromatic N) is 5. The highest BCUT2D eigenvalue weighted by Gasteiger charge is 2.42. The molecule has 0 bridgehead atoms. The van der Waals surface area contributed by atoms with Gasteiger partial charge in [-0.2, -0.15) is 15.0 Å². The Labute approximate surface area is 342 Å². The molecule has 0 unspecified atom stereocenters. The lowest BCUT2D eigenvalue weighted by molar-refractivity contribution is -0.136. The number of benzene rings is 1. The number of imide groups is 1. The summed E-state index contributed by atoms with van der Waals surface area (Å²) in [6.07, 6.45) is 7.41. The van der Waals surface area contributed by atoms with Gasteiger partial charge in [-0.05, 0) is 50.1 Å². The van der Waals surface area contributed by atoms with Gasteiger partial charge in [0, 0.05) is 17.2 Å². The lowest BCUT2D eigenvalue weighted by atomic mass is 9.93. The summed E-state index contributed by atoms with van der Waals surface area (Å²) in [6.45, 7) is 0.821. The fourth-order valence-electron chi connectivity index (χ4n) is 5.49. The normalized spacial score (nSPS) is 14.6. The van der Waals surface area contributed by atoms with Crippen LogP contribution in [0.4, 0.5) is 26.5 Å². The topological polar surface area (TPSA) is 334 Å². The van der Waals surface area contributed by atoms with Gasteiger partial charge in [0.25, 0.3) is 27.7 Å². The monoisotopic (exact) mass is 896 g/mol. The van der Waals surface area contributed by atoms with Crippen molar-refractivity contribution in [3.63, 3.8) is 0 Å². The van der Waals surface area contributed by atoms with Crippen molar-refractivity contribution in [3.8, 4) is 24.1 Å². The molecule has 4 heterocycles. The molecule has 5 amide bonds. The lowest BCUT2D eigenvalue weighted by Crippen LogP contribution is -2.39. The molecule has 320 valence electrons. The fourth-order valence-corrected chi connectivity index (χ4v) is 8.06. The number of carboxylic acids is 2. The number of terminal acetylenes is 1. The third-order valence-electron chi connectivity index (χ3n) is 7.92. The number of anilines is 3. The number of urea groups is 1. The first-order chi connectivity index (χ1) is 28.2. The summed E-state index contributed by atoms with van der Waals surface area (Å²) < 4.78 is 60.7. The molecule has 0 radical (unpaired) electrons. The fraction of sp³-hybridized carbons (Fsp3) is 0.303. The maximum atomic E-state index is 14.7. The molecule has 3 aliphatic rings. The number of fused-ring (bicyclic) bond motifs is 1. The van der Waals surface area contributed by atoms with Crippen LogP contribution in [0.1, 0.15) is 41.2 Å². The molecule has 3 aromatic rings. The van der Waals surface area contributed by atoms with Crippen LogP contribution in [0.3, 0.4) is 0 Å². The zero-order valence-electron chi connectivity index (χ0n) is 31.2. The first-order valence-corrected chi connectivity index (χ1v) is 21.0. The van der Waals surface area contributed by atoms with Gasteiger partial charge in [0.1, 0.15) is 21.3 Å². The standard InChI is InChI=1S/C19H15FN2O4.C11H11N5O6S2.C3H8NO5P/c1-2-7-21-15-9-14(13(20)8-16(15)26-10-17(21)23)22-18(24)11-5-3-4-6-12(11)19(22)25;1-5-12-9(15-11(13-5)22-2)14-10(19)16-24(20,21)6-3-4-23-7(6)8(17)18;5-3(6)1-4-2-10(7,8)9/h1,8-9H,3-7,10H2;3-4H,1-2H3,(H,17,18)(H2,12,13,14,15,16,19);4H,1-2H2,(H,5,6)(H2,7,8,9). The van der Waals surface area contributed by atoms with Gasteiger partial charge in [-0.3, -0.25) is 39.3 Å². The maximum Gasteiger partial charge on any atom is 0.347 e. The van der Waals surface area contributed by atoms with Crippen LogP contribution < -0.4 is 34.6 Å². The molecule has 0 saturated carbocycles. The highest BCUT2D eigenvalue weighted by atomic mass is 32.2. The molecule has 2 aliphatic heterocycles. The van der Waals surface area contributed by atoms with E-state index >= 15 is 0 Å². The van der Waals surface area contributed by atoms with Crippen LogP contribution in [0.5, 0.6) is 11.8 Å². The Morgan fingerprint density at radius 2 is 1.72 bits per heavy atom. The van der Waals surface area contributed by atoms with E-state index in [0.29, 0.717) is 24.0 Å². The summed E-state index contributed by atoms with van der Waals surface area (Å²) in [7, 11) is -7.16. The number of hydrogen-bond donors (Lipinski definition) is 7. The van der Waals surface area contributed by atoms with Crippen molar-refractivity contribution in [2.24, 2.45) is 0 Å². The Morgan fingerprint density at radius 1 is 1.07 bits per heavy atom.